The van der Waals surface area contributed by atoms with Crippen LogP contribution in [-0.4, -0.2) is 43.9 Å². The van der Waals surface area contributed by atoms with Gasteiger partial charge in [0.15, 0.2) is 0 Å². The van der Waals surface area contributed by atoms with Crippen LogP contribution in [0.1, 0.15) is 0 Å². The Bertz CT molecular complexity index is 37.9. The van der Waals surface area contributed by atoms with Gasteiger partial charge >= 0.3 is 37.7 Å². The number of hydrogen-bond acceptors (Lipinski definition) is 3. The summed E-state index contributed by atoms with van der Waals surface area (Å²) in [6.45, 7) is 0. The fourth-order valence-electron chi connectivity index (χ4n) is 0. The Hall–Kier alpha value is 0.890. The van der Waals surface area contributed by atoms with Gasteiger partial charge in [0.1, 0.15) is 0 Å². The van der Waals surface area contributed by atoms with Crippen molar-refractivity contribution in [2.24, 2.45) is 0 Å². The van der Waals surface area contributed by atoms with E-state index in [4.69, 9.17) is 15.0 Å². The van der Waals surface area contributed by atoms with Crippen molar-refractivity contribution in [3.05, 3.63) is 0 Å². The molecule has 0 aliphatic carbocycles. The van der Waals surface area contributed by atoms with Gasteiger partial charge in [-0.05, 0) is 6.16 Å². The fraction of sp³-hybridized carbons (Fsp3) is 0. The number of carboxylic acid groups (broad SMARTS) is 2. The van der Waals surface area contributed by atoms with E-state index in [9.17, 15) is 0 Å². The van der Waals surface area contributed by atoms with Gasteiger partial charge in [-0.15, -0.1) is 0 Å². The minimum absolute atomic E-state index is 0. The molecule has 0 radical (unpaired) electrons. The third-order valence-corrected chi connectivity index (χ3v) is 0. The largest absolute Gasteiger partial charge is 2.00 e. The van der Waals surface area contributed by atoms with Crippen molar-refractivity contribution in [2.75, 3.05) is 0 Å². The fourth-order valence-corrected chi connectivity index (χ4v) is 0. The molecule has 0 spiro atoms. The Morgan fingerprint density at radius 3 is 1.29 bits per heavy atom. The first kappa shape index (κ1) is 24.8. The van der Waals surface area contributed by atoms with E-state index in [2.05, 4.69) is 0 Å². The summed E-state index contributed by atoms with van der Waals surface area (Å²) in [6.07, 6.45) is -2.33. The van der Waals surface area contributed by atoms with Gasteiger partial charge in [-0.3, -0.25) is 4.70 Å². The second kappa shape index (κ2) is 15.8. The number of carbonyl (C=O) groups excluding carboxylic acids is 1. The average Bonchev–Trinajstić information content (AvgIpc) is 0.811. The predicted molar refractivity (Wildman–Crippen MR) is 24.8 cm³/mol. The molecule has 0 heterocycles. The van der Waals surface area contributed by atoms with E-state index < -0.39 is 6.16 Å². The Labute approximate surface area is 73.1 Å². The van der Waals surface area contributed by atoms with Crippen molar-refractivity contribution in [3.63, 3.8) is 0 Å². The smallest absolute Gasteiger partial charge is 0.652 e. The molecule has 0 amide bonds. The van der Waals surface area contributed by atoms with Crippen LogP contribution < -0.4 is 10.2 Å². The molecule has 0 aliphatic heterocycles. The van der Waals surface area contributed by atoms with E-state index >= 15 is 0 Å². The first-order chi connectivity index (χ1) is 1.73. The molecular weight excluding hydrogens is 150 g/mol. The summed E-state index contributed by atoms with van der Waals surface area (Å²) in [5.41, 5.74) is 0. The summed E-state index contributed by atoms with van der Waals surface area (Å²) < 4.78 is 0. The van der Waals surface area contributed by atoms with E-state index in [1.807, 2.05) is 0 Å². The second-order valence-corrected chi connectivity index (χ2v) is 0.250. The molecule has 0 aromatic rings. The van der Waals surface area contributed by atoms with E-state index in [1.54, 1.807) is 0 Å². The molecule has 7 heavy (non-hydrogen) atoms. The molecule has 6 heteroatoms. The van der Waals surface area contributed by atoms with Crippen LogP contribution in [0.2, 0.25) is 0 Å². The summed E-state index contributed by atoms with van der Waals surface area (Å²) in [5, 5.41) is 16.7. The zero-order valence-electron chi connectivity index (χ0n) is 3.55. The number of halogens is 1. The van der Waals surface area contributed by atoms with Gasteiger partial charge in [0, 0.05) is 0 Å². The van der Waals surface area contributed by atoms with Gasteiger partial charge < -0.3 is 15.0 Å². The molecule has 1 unspecified atom stereocenters. The molecule has 0 bridgehead atoms. The topological polar surface area (TPSA) is 63.2 Å². The molecule has 0 N–H and O–H groups in total. The molecule has 0 rings (SSSR count). The van der Waals surface area contributed by atoms with Crippen LogP contribution in [0, 0.1) is 0 Å². The molecule has 40 valence electrons. The van der Waals surface area contributed by atoms with Crippen LogP contribution in [0.25, 0.3) is 0 Å². The van der Waals surface area contributed by atoms with E-state index in [1.165, 1.54) is 0 Å². The van der Waals surface area contributed by atoms with Gasteiger partial charge in [0.2, 0.25) is 0 Å². The van der Waals surface area contributed by atoms with Crippen LogP contribution in [-0.2, 0) is 0 Å². The molecule has 1 atom stereocenters. The third kappa shape index (κ3) is 208. The van der Waals surface area contributed by atoms with Gasteiger partial charge in [-0.25, -0.2) is 0 Å². The Balaban J connectivity index is -0.0000000150. The van der Waals surface area contributed by atoms with Gasteiger partial charge in [-0.2, -0.15) is 9.90 Å². The third-order valence-electron chi connectivity index (χ3n) is 0. The molecule has 0 saturated carbocycles. The van der Waals surface area contributed by atoms with Crippen molar-refractivity contribution in [1.82, 2.24) is 0 Å². The normalized spacial score (nSPS) is 3.43. The van der Waals surface area contributed by atoms with Gasteiger partial charge in [0.05, 0.1) is 0 Å². The molecule has 0 saturated heterocycles. The SMILES string of the molecule is F.O=C([O-])[O-].P.[Ca+2]. The number of hydrogen-bond donors (Lipinski definition) is 0. The molecule has 3 nitrogen and oxygen atoms in total. The van der Waals surface area contributed by atoms with Crippen LogP contribution in [0.15, 0.2) is 0 Å². The van der Waals surface area contributed by atoms with E-state index in [0.29, 0.717) is 0 Å². The standard InChI is InChI=1S/CH2O3.Ca.FH.H3P/c2-1(3)4;;;/h(H2,2,3,4);;1H;1H3/q;+2;;/p-2. The van der Waals surface area contributed by atoms with Crippen molar-refractivity contribution in [3.8, 4) is 0 Å². The van der Waals surface area contributed by atoms with E-state index in [0.717, 1.165) is 0 Å². The molecule has 0 fully saturated rings. The molecule has 0 aromatic heterocycles. The molecule has 0 aromatic carbocycles. The maximum atomic E-state index is 8.33. The van der Waals surface area contributed by atoms with Crippen LogP contribution in [0.5, 0.6) is 0 Å². The minimum atomic E-state index is -2.33. The van der Waals surface area contributed by atoms with Crippen molar-refractivity contribution >= 4 is 53.8 Å². The summed E-state index contributed by atoms with van der Waals surface area (Å²) in [4.78, 5) is 8.33. The van der Waals surface area contributed by atoms with Crippen LogP contribution in [0.3, 0.4) is 0 Å². The van der Waals surface area contributed by atoms with Crippen LogP contribution >= 0.6 is 9.90 Å². The Kier molecular flexibility index (Phi) is 55.9. The molecule has 0 aliphatic rings. The monoisotopic (exact) mass is 154 g/mol. The molecular formula is CH4CaFO3P. The van der Waals surface area contributed by atoms with Crippen molar-refractivity contribution in [2.45, 2.75) is 0 Å². The van der Waals surface area contributed by atoms with Gasteiger partial charge in [-0.1, -0.05) is 0 Å². The van der Waals surface area contributed by atoms with Gasteiger partial charge in [0.25, 0.3) is 0 Å². The zero-order valence-corrected chi connectivity index (χ0v) is 7.17. The number of carbonyl (C=O) groups is 1. The minimum Gasteiger partial charge on any atom is -0.652 e. The van der Waals surface area contributed by atoms with Crippen molar-refractivity contribution in [1.29, 1.82) is 0 Å². The predicted octanol–water partition coefficient (Wildman–Crippen LogP) is -2.62. The first-order valence-corrected chi connectivity index (χ1v) is 0.612. The number of rotatable bonds is 0. The second-order valence-electron chi connectivity index (χ2n) is 0.250. The summed E-state index contributed by atoms with van der Waals surface area (Å²) in [5.74, 6) is 0. The van der Waals surface area contributed by atoms with Crippen LogP contribution in [0.4, 0.5) is 9.50 Å². The Morgan fingerprint density at radius 2 is 1.29 bits per heavy atom. The van der Waals surface area contributed by atoms with E-state index in [-0.39, 0.29) is 52.3 Å². The maximum absolute atomic E-state index is 8.33. The quantitative estimate of drug-likeness (QED) is 0.283. The first-order valence-electron chi connectivity index (χ1n) is 0.612. The maximum Gasteiger partial charge on any atom is 2.00 e. The zero-order chi connectivity index (χ0) is 3.58. The summed E-state index contributed by atoms with van der Waals surface area (Å²) in [6, 6.07) is 0. The summed E-state index contributed by atoms with van der Waals surface area (Å²) in [7, 11) is 0. The Morgan fingerprint density at radius 1 is 1.29 bits per heavy atom. The summed E-state index contributed by atoms with van der Waals surface area (Å²) >= 11 is 0. The van der Waals surface area contributed by atoms with Crippen molar-refractivity contribution < 1.29 is 19.7 Å². The average molecular weight is 154 g/mol.